The molecule has 5 heteroatoms. The van der Waals surface area contributed by atoms with Crippen molar-refractivity contribution in [1.29, 1.82) is 5.26 Å². The molecule has 2 saturated carbocycles. The predicted molar refractivity (Wildman–Crippen MR) is 70.3 cm³/mol. The van der Waals surface area contributed by atoms with Gasteiger partial charge in [0, 0.05) is 0 Å². The molecule has 0 heterocycles. The van der Waals surface area contributed by atoms with Crippen LogP contribution in [-0.2, 0) is 10.0 Å². The Morgan fingerprint density at radius 2 is 1.56 bits per heavy atom. The topological polar surface area (TPSA) is 70.0 Å². The van der Waals surface area contributed by atoms with E-state index in [0.717, 1.165) is 51.4 Å². The summed E-state index contributed by atoms with van der Waals surface area (Å²) in [5.74, 6) is 0.208. The number of hydrogen-bond acceptors (Lipinski definition) is 3. The minimum Gasteiger partial charge on any atom is -0.212 e. The van der Waals surface area contributed by atoms with Gasteiger partial charge in [-0.05, 0) is 31.6 Å². The maximum Gasteiger partial charge on any atom is 0.215 e. The molecule has 4 nitrogen and oxygen atoms in total. The van der Waals surface area contributed by atoms with E-state index in [-0.39, 0.29) is 11.2 Å². The second-order valence-corrected chi connectivity index (χ2v) is 7.57. The monoisotopic (exact) mass is 270 g/mol. The molecule has 2 aliphatic carbocycles. The molecule has 2 rings (SSSR count). The van der Waals surface area contributed by atoms with Crippen molar-refractivity contribution in [3.8, 4) is 6.07 Å². The first kappa shape index (κ1) is 13.8. The third-order valence-electron chi connectivity index (χ3n) is 4.29. The van der Waals surface area contributed by atoms with Crippen LogP contribution in [0.25, 0.3) is 0 Å². The van der Waals surface area contributed by atoms with Gasteiger partial charge in [0.15, 0.2) is 0 Å². The van der Waals surface area contributed by atoms with Gasteiger partial charge >= 0.3 is 0 Å². The molecule has 2 aliphatic rings. The molecule has 0 aromatic carbocycles. The van der Waals surface area contributed by atoms with Crippen LogP contribution in [0.4, 0.5) is 0 Å². The Bertz CT molecular complexity index is 401. The van der Waals surface area contributed by atoms with Gasteiger partial charge in [0.25, 0.3) is 0 Å². The summed E-state index contributed by atoms with van der Waals surface area (Å²) < 4.78 is 27.0. The van der Waals surface area contributed by atoms with Crippen LogP contribution < -0.4 is 4.72 Å². The smallest absolute Gasteiger partial charge is 0.212 e. The number of nitrogens with one attached hydrogen (secondary N) is 1. The molecular weight excluding hydrogens is 248 g/mol. The van der Waals surface area contributed by atoms with Gasteiger partial charge in [-0.25, -0.2) is 8.42 Å². The van der Waals surface area contributed by atoms with Crippen molar-refractivity contribution in [2.75, 3.05) is 0 Å². The molecule has 0 aromatic rings. The number of nitriles is 1. The molecule has 1 unspecified atom stereocenters. The normalized spacial score (nSPS) is 24.8. The molecule has 0 spiro atoms. The minimum atomic E-state index is -3.29. The first-order chi connectivity index (χ1) is 8.63. The SMILES string of the molecule is N#CC(NS(=O)(=O)C1CCCC1)C1CCCCC1. The van der Waals surface area contributed by atoms with Crippen LogP contribution >= 0.6 is 0 Å². The van der Waals surface area contributed by atoms with Crippen LogP contribution in [0, 0.1) is 17.2 Å². The van der Waals surface area contributed by atoms with Crippen molar-refractivity contribution < 1.29 is 8.42 Å². The zero-order valence-corrected chi connectivity index (χ0v) is 11.6. The quantitative estimate of drug-likeness (QED) is 0.852. The molecule has 0 aliphatic heterocycles. The Morgan fingerprint density at radius 3 is 2.11 bits per heavy atom. The number of hydrogen-bond donors (Lipinski definition) is 1. The van der Waals surface area contributed by atoms with Crippen molar-refractivity contribution >= 4 is 10.0 Å². The van der Waals surface area contributed by atoms with E-state index < -0.39 is 16.1 Å². The fourth-order valence-corrected chi connectivity index (χ4v) is 4.91. The molecule has 18 heavy (non-hydrogen) atoms. The number of sulfonamides is 1. The zero-order chi connectivity index (χ0) is 13.0. The van der Waals surface area contributed by atoms with Crippen molar-refractivity contribution in [3.05, 3.63) is 0 Å². The van der Waals surface area contributed by atoms with E-state index >= 15 is 0 Å². The summed E-state index contributed by atoms with van der Waals surface area (Å²) in [6.07, 6.45) is 8.89. The molecule has 1 atom stereocenters. The second kappa shape index (κ2) is 6.03. The van der Waals surface area contributed by atoms with Crippen LogP contribution in [0.2, 0.25) is 0 Å². The van der Waals surface area contributed by atoms with Crippen molar-refractivity contribution in [2.24, 2.45) is 5.92 Å². The average Bonchev–Trinajstić information content (AvgIpc) is 2.92. The van der Waals surface area contributed by atoms with Crippen LogP contribution in [0.1, 0.15) is 57.8 Å². The largest absolute Gasteiger partial charge is 0.215 e. The van der Waals surface area contributed by atoms with E-state index in [2.05, 4.69) is 10.8 Å². The van der Waals surface area contributed by atoms with Crippen LogP contribution in [-0.4, -0.2) is 19.7 Å². The predicted octanol–water partition coefficient (Wildman–Crippen LogP) is 2.32. The lowest BCUT2D eigenvalue weighted by Gasteiger charge is -2.27. The van der Waals surface area contributed by atoms with Crippen LogP contribution in [0.15, 0.2) is 0 Å². The molecular formula is C13H22N2O2S. The van der Waals surface area contributed by atoms with E-state index in [1.54, 1.807) is 0 Å². The summed E-state index contributed by atoms with van der Waals surface area (Å²) >= 11 is 0. The molecule has 2 fully saturated rings. The highest BCUT2D eigenvalue weighted by Gasteiger charge is 2.33. The highest BCUT2D eigenvalue weighted by atomic mass is 32.2. The zero-order valence-electron chi connectivity index (χ0n) is 10.8. The number of nitrogens with zero attached hydrogens (tertiary/aromatic N) is 1. The molecule has 0 saturated heterocycles. The van der Waals surface area contributed by atoms with Gasteiger partial charge < -0.3 is 0 Å². The van der Waals surface area contributed by atoms with E-state index in [9.17, 15) is 13.7 Å². The molecule has 0 radical (unpaired) electrons. The first-order valence-corrected chi connectivity index (χ1v) is 8.59. The second-order valence-electron chi connectivity index (χ2n) is 5.57. The summed E-state index contributed by atoms with van der Waals surface area (Å²) in [5, 5.41) is 8.94. The maximum absolute atomic E-state index is 12.2. The summed E-state index contributed by atoms with van der Waals surface area (Å²) in [4.78, 5) is 0. The Labute approximate surface area is 110 Å². The van der Waals surface area contributed by atoms with E-state index in [1.807, 2.05) is 0 Å². The lowest BCUT2D eigenvalue weighted by atomic mass is 9.85. The Kier molecular flexibility index (Phi) is 4.63. The van der Waals surface area contributed by atoms with Crippen molar-refractivity contribution in [3.63, 3.8) is 0 Å². The third kappa shape index (κ3) is 3.24. The Morgan fingerprint density at radius 1 is 1.00 bits per heavy atom. The van der Waals surface area contributed by atoms with Gasteiger partial charge in [0.2, 0.25) is 10.0 Å². The molecule has 1 N–H and O–H groups in total. The minimum absolute atomic E-state index is 0.208. The summed E-state index contributed by atoms with van der Waals surface area (Å²) in [5.41, 5.74) is 0. The van der Waals surface area contributed by atoms with Gasteiger partial charge in [-0.2, -0.15) is 9.98 Å². The maximum atomic E-state index is 12.2. The fraction of sp³-hybridized carbons (Fsp3) is 0.923. The van der Waals surface area contributed by atoms with Crippen molar-refractivity contribution in [1.82, 2.24) is 4.72 Å². The average molecular weight is 270 g/mol. The molecule has 102 valence electrons. The molecule has 0 aromatic heterocycles. The standard InChI is InChI=1S/C13H22N2O2S/c14-10-13(11-6-2-1-3-7-11)15-18(16,17)12-8-4-5-9-12/h11-13,15H,1-9H2. The van der Waals surface area contributed by atoms with E-state index in [1.165, 1.54) is 6.42 Å². The van der Waals surface area contributed by atoms with Gasteiger partial charge in [-0.3, -0.25) is 0 Å². The third-order valence-corrected chi connectivity index (χ3v) is 6.22. The van der Waals surface area contributed by atoms with Gasteiger partial charge in [0.05, 0.1) is 11.3 Å². The van der Waals surface area contributed by atoms with Gasteiger partial charge in [-0.1, -0.05) is 32.1 Å². The highest BCUT2D eigenvalue weighted by molar-refractivity contribution is 7.90. The highest BCUT2D eigenvalue weighted by Crippen LogP contribution is 2.28. The van der Waals surface area contributed by atoms with Gasteiger partial charge in [-0.15, -0.1) is 0 Å². The lowest BCUT2D eigenvalue weighted by Crippen LogP contribution is -2.43. The first-order valence-electron chi connectivity index (χ1n) is 7.04. The molecule has 0 bridgehead atoms. The lowest BCUT2D eigenvalue weighted by molar-refractivity contribution is 0.323. The fourth-order valence-electron chi connectivity index (χ4n) is 3.17. The summed E-state index contributed by atoms with van der Waals surface area (Å²) in [6.45, 7) is 0. The van der Waals surface area contributed by atoms with Crippen LogP contribution in [0.3, 0.4) is 0 Å². The van der Waals surface area contributed by atoms with Crippen molar-refractivity contribution in [2.45, 2.75) is 69.1 Å². The van der Waals surface area contributed by atoms with Gasteiger partial charge in [0.1, 0.15) is 6.04 Å². The Hall–Kier alpha value is -0.600. The Balaban J connectivity index is 1.98. The summed E-state index contributed by atoms with van der Waals surface area (Å²) in [7, 11) is -3.29. The van der Waals surface area contributed by atoms with E-state index in [0.29, 0.717) is 0 Å². The van der Waals surface area contributed by atoms with Crippen LogP contribution in [0.5, 0.6) is 0 Å². The number of rotatable bonds is 4. The summed E-state index contributed by atoms with van der Waals surface area (Å²) in [6, 6.07) is 1.64. The molecule has 0 amide bonds. The van der Waals surface area contributed by atoms with E-state index in [4.69, 9.17) is 0 Å².